The molecule has 5 rings (SSSR count). The van der Waals surface area contributed by atoms with Crippen molar-refractivity contribution in [1.82, 2.24) is 14.8 Å². The van der Waals surface area contributed by atoms with E-state index < -0.39 is 6.04 Å². The van der Waals surface area contributed by atoms with E-state index in [0.717, 1.165) is 23.4 Å². The van der Waals surface area contributed by atoms with Crippen LogP contribution >= 0.6 is 11.3 Å². The van der Waals surface area contributed by atoms with Gasteiger partial charge in [-0.05, 0) is 24.0 Å². The van der Waals surface area contributed by atoms with Gasteiger partial charge in [-0.2, -0.15) is 0 Å². The van der Waals surface area contributed by atoms with E-state index in [2.05, 4.69) is 29.2 Å². The van der Waals surface area contributed by atoms with Gasteiger partial charge in [-0.15, -0.1) is 11.3 Å². The molecule has 3 heterocycles. The molecular formula is C26H28N4O2S. The van der Waals surface area contributed by atoms with Crippen molar-refractivity contribution in [3.05, 3.63) is 87.9 Å². The molecule has 3 unspecified atom stereocenters. The van der Waals surface area contributed by atoms with E-state index in [-0.39, 0.29) is 17.7 Å². The first-order chi connectivity index (χ1) is 16.1. The maximum atomic E-state index is 13.7. The summed E-state index contributed by atoms with van der Waals surface area (Å²) in [5.74, 6) is 0.355. The second kappa shape index (κ2) is 9.45. The van der Waals surface area contributed by atoms with E-state index in [1.807, 2.05) is 41.3 Å². The number of amides is 2. The van der Waals surface area contributed by atoms with Crippen LogP contribution in [0.25, 0.3) is 0 Å². The molecule has 6 nitrogen and oxygen atoms in total. The number of nitrogens with two attached hydrogens (primary N) is 1. The average molecular weight is 461 g/mol. The molecule has 0 aliphatic carbocycles. The van der Waals surface area contributed by atoms with Crippen LogP contribution in [0.5, 0.6) is 0 Å². The van der Waals surface area contributed by atoms with Gasteiger partial charge in [0.2, 0.25) is 5.91 Å². The van der Waals surface area contributed by atoms with Crippen molar-refractivity contribution in [2.75, 3.05) is 19.6 Å². The fourth-order valence-corrected chi connectivity index (χ4v) is 5.80. The van der Waals surface area contributed by atoms with Gasteiger partial charge in [0.05, 0.1) is 0 Å². The highest BCUT2D eigenvalue weighted by Gasteiger charge is 2.44. The quantitative estimate of drug-likeness (QED) is 0.631. The number of aromatic nitrogens is 1. The Balaban J connectivity index is 1.37. The van der Waals surface area contributed by atoms with Gasteiger partial charge in [0.1, 0.15) is 6.04 Å². The molecule has 2 amide bonds. The van der Waals surface area contributed by atoms with E-state index in [1.54, 1.807) is 11.1 Å². The highest BCUT2D eigenvalue weighted by Crippen LogP contribution is 2.36. The first-order valence-electron chi connectivity index (χ1n) is 11.5. The third-order valence-corrected chi connectivity index (χ3v) is 7.83. The Bertz CT molecular complexity index is 1120. The van der Waals surface area contributed by atoms with E-state index in [4.69, 9.17) is 5.73 Å². The summed E-state index contributed by atoms with van der Waals surface area (Å²) in [6.45, 7) is 2.30. The summed E-state index contributed by atoms with van der Waals surface area (Å²) in [4.78, 5) is 36.0. The zero-order chi connectivity index (χ0) is 22.8. The van der Waals surface area contributed by atoms with Gasteiger partial charge in [-0.25, -0.2) is 4.98 Å². The smallest absolute Gasteiger partial charge is 0.283 e. The fraction of sp³-hybridized carbons (Fsp3) is 0.346. The van der Waals surface area contributed by atoms with Gasteiger partial charge in [-0.1, -0.05) is 60.7 Å². The number of benzene rings is 2. The van der Waals surface area contributed by atoms with Crippen LogP contribution in [-0.4, -0.2) is 52.3 Å². The molecular weight excluding hydrogens is 432 g/mol. The third-order valence-electron chi connectivity index (χ3n) is 6.83. The molecule has 170 valence electrons. The number of carbonyl (C=O) groups excluding carboxylic acids is 2. The Morgan fingerprint density at radius 1 is 0.970 bits per heavy atom. The molecule has 0 saturated carbocycles. The van der Waals surface area contributed by atoms with Crippen LogP contribution in [0, 0.1) is 0 Å². The minimum atomic E-state index is -0.470. The Hall–Kier alpha value is -3.03. The summed E-state index contributed by atoms with van der Waals surface area (Å²) in [5, 5.41) is 0.408. The fourth-order valence-electron chi connectivity index (χ4n) is 5.05. The minimum absolute atomic E-state index is 0.0517. The lowest BCUT2D eigenvalue weighted by Gasteiger charge is -2.27. The zero-order valence-corrected chi connectivity index (χ0v) is 19.3. The van der Waals surface area contributed by atoms with Crippen molar-refractivity contribution in [1.29, 1.82) is 0 Å². The summed E-state index contributed by atoms with van der Waals surface area (Å²) in [6.07, 6.45) is 3.24. The number of rotatable bonds is 5. The van der Waals surface area contributed by atoms with Crippen molar-refractivity contribution in [2.45, 2.75) is 37.3 Å². The highest BCUT2D eigenvalue weighted by molar-refractivity contribution is 7.13. The molecule has 7 heteroatoms. The first kappa shape index (κ1) is 21.8. The van der Waals surface area contributed by atoms with E-state index in [9.17, 15) is 9.59 Å². The number of carbonyl (C=O) groups is 2. The van der Waals surface area contributed by atoms with Crippen LogP contribution in [0.3, 0.4) is 0 Å². The van der Waals surface area contributed by atoms with Crippen molar-refractivity contribution in [3.8, 4) is 0 Å². The Morgan fingerprint density at radius 2 is 1.64 bits per heavy atom. The molecule has 3 aromatic rings. The van der Waals surface area contributed by atoms with Crippen molar-refractivity contribution in [2.24, 2.45) is 5.73 Å². The van der Waals surface area contributed by atoms with E-state index in [0.29, 0.717) is 37.0 Å². The first-order valence-corrected chi connectivity index (χ1v) is 12.3. The number of hydrogen-bond donors (Lipinski definition) is 1. The molecule has 2 saturated heterocycles. The molecule has 2 aromatic carbocycles. The molecule has 33 heavy (non-hydrogen) atoms. The predicted octanol–water partition coefficient (Wildman–Crippen LogP) is 3.62. The van der Waals surface area contributed by atoms with Gasteiger partial charge in [0, 0.05) is 49.1 Å². The second-order valence-electron chi connectivity index (χ2n) is 8.83. The largest absolute Gasteiger partial charge is 0.340 e. The van der Waals surface area contributed by atoms with Crippen LogP contribution in [0.2, 0.25) is 0 Å². The Labute approximate surface area is 198 Å². The molecule has 0 radical (unpaired) electrons. The monoisotopic (exact) mass is 460 g/mol. The Morgan fingerprint density at radius 3 is 2.27 bits per heavy atom. The van der Waals surface area contributed by atoms with Crippen LogP contribution in [0.15, 0.2) is 66.9 Å². The van der Waals surface area contributed by atoms with E-state index >= 15 is 0 Å². The molecule has 2 N–H and O–H groups in total. The highest BCUT2D eigenvalue weighted by atomic mass is 32.1. The number of thiazole rings is 1. The Kier molecular flexibility index (Phi) is 6.24. The summed E-state index contributed by atoms with van der Waals surface area (Å²) < 4.78 is 0. The van der Waals surface area contributed by atoms with Crippen molar-refractivity contribution >= 4 is 23.2 Å². The SMILES string of the molecule is NCc1cnc(C(=O)N2CC(c3ccccc3)CC2C(=O)N2CCC(c3ccccc3)C2)s1. The second-order valence-corrected chi connectivity index (χ2v) is 9.95. The van der Waals surface area contributed by atoms with Crippen molar-refractivity contribution < 1.29 is 9.59 Å². The molecule has 1 aromatic heterocycles. The summed E-state index contributed by atoms with van der Waals surface area (Å²) >= 11 is 1.32. The lowest BCUT2D eigenvalue weighted by atomic mass is 9.96. The molecule has 0 spiro atoms. The molecule has 3 atom stereocenters. The van der Waals surface area contributed by atoms with E-state index in [1.165, 1.54) is 16.9 Å². The number of nitrogens with zero attached hydrogens (tertiary/aromatic N) is 3. The summed E-state index contributed by atoms with van der Waals surface area (Å²) in [7, 11) is 0. The predicted molar refractivity (Wildman–Crippen MR) is 129 cm³/mol. The molecule has 2 fully saturated rings. The molecule has 0 bridgehead atoms. The summed E-state index contributed by atoms with van der Waals surface area (Å²) in [6, 6.07) is 20.1. The van der Waals surface area contributed by atoms with Crippen LogP contribution in [-0.2, 0) is 11.3 Å². The average Bonchev–Trinajstić information content (AvgIpc) is 3.64. The lowest BCUT2D eigenvalue weighted by molar-refractivity contribution is -0.134. The van der Waals surface area contributed by atoms with Gasteiger partial charge < -0.3 is 15.5 Å². The zero-order valence-electron chi connectivity index (χ0n) is 18.5. The molecule has 2 aliphatic heterocycles. The van der Waals surface area contributed by atoms with Crippen LogP contribution in [0.4, 0.5) is 0 Å². The topological polar surface area (TPSA) is 79.5 Å². The maximum Gasteiger partial charge on any atom is 0.283 e. The van der Waals surface area contributed by atoms with Gasteiger partial charge in [0.25, 0.3) is 5.91 Å². The van der Waals surface area contributed by atoms with Gasteiger partial charge in [-0.3, -0.25) is 9.59 Å². The van der Waals surface area contributed by atoms with Gasteiger partial charge in [0.15, 0.2) is 5.01 Å². The number of hydrogen-bond acceptors (Lipinski definition) is 5. The lowest BCUT2D eigenvalue weighted by Crippen LogP contribution is -2.47. The normalized spacial score (nSPS) is 22.6. The van der Waals surface area contributed by atoms with Crippen LogP contribution in [0.1, 0.15) is 50.5 Å². The standard InChI is InChI=1S/C26H28N4O2S/c27-14-22-15-28-24(33-22)26(32)30-17-21(19-9-5-2-6-10-19)13-23(30)25(31)29-12-11-20(16-29)18-7-3-1-4-8-18/h1-10,15,20-21,23H,11-14,16-17,27H2. The van der Waals surface area contributed by atoms with Crippen LogP contribution < -0.4 is 5.73 Å². The van der Waals surface area contributed by atoms with Gasteiger partial charge >= 0.3 is 0 Å². The summed E-state index contributed by atoms with van der Waals surface area (Å²) in [5.41, 5.74) is 8.15. The number of likely N-dealkylation sites (tertiary alicyclic amines) is 2. The van der Waals surface area contributed by atoms with Crippen molar-refractivity contribution in [3.63, 3.8) is 0 Å². The maximum absolute atomic E-state index is 13.7. The molecule has 2 aliphatic rings. The minimum Gasteiger partial charge on any atom is -0.340 e. The third kappa shape index (κ3) is 4.43.